The van der Waals surface area contributed by atoms with E-state index in [1.54, 1.807) is 0 Å². The summed E-state index contributed by atoms with van der Waals surface area (Å²) >= 11 is 0. The summed E-state index contributed by atoms with van der Waals surface area (Å²) in [5, 5.41) is 13.6. The summed E-state index contributed by atoms with van der Waals surface area (Å²) in [5.74, 6) is 0.635. The number of rotatable bonds is 4. The van der Waals surface area contributed by atoms with Gasteiger partial charge in [0.15, 0.2) is 0 Å². The minimum absolute atomic E-state index is 0.303. The Balaban J connectivity index is 2.40. The lowest BCUT2D eigenvalue weighted by atomic mass is 9.62. The number of azide groups is 1. The van der Waals surface area contributed by atoms with Crippen LogP contribution in [-0.2, 0) is 0 Å². The van der Waals surface area contributed by atoms with Crippen LogP contribution in [0.5, 0.6) is 0 Å². The van der Waals surface area contributed by atoms with Crippen LogP contribution in [0.25, 0.3) is 10.4 Å². The molecular weight excluding hydrogens is 166 g/mol. The standard InChI is InChI=1S/C9H17N3O/c1-7(2)9(13)5-3-8(9)4-6-11-12-10/h7-8,13H,3-6H2,1-2H3. The van der Waals surface area contributed by atoms with Gasteiger partial charge >= 0.3 is 0 Å². The summed E-state index contributed by atoms with van der Waals surface area (Å²) in [6.07, 6.45) is 2.78. The molecule has 1 fully saturated rings. The lowest BCUT2D eigenvalue weighted by molar-refractivity contribution is -0.130. The van der Waals surface area contributed by atoms with Gasteiger partial charge in [-0.25, -0.2) is 0 Å². The van der Waals surface area contributed by atoms with Gasteiger partial charge in [-0.15, -0.1) is 0 Å². The number of aliphatic hydroxyl groups is 1. The third kappa shape index (κ3) is 1.95. The molecule has 1 rings (SSSR count). The SMILES string of the molecule is CC(C)C1(O)CCC1CCN=[N+]=[N-]. The van der Waals surface area contributed by atoms with Crippen LogP contribution >= 0.6 is 0 Å². The Labute approximate surface area is 78.6 Å². The highest BCUT2D eigenvalue weighted by atomic mass is 16.3. The van der Waals surface area contributed by atoms with Crippen LogP contribution in [0.15, 0.2) is 5.11 Å². The predicted octanol–water partition coefficient (Wildman–Crippen LogP) is 2.48. The van der Waals surface area contributed by atoms with Crippen LogP contribution in [0, 0.1) is 11.8 Å². The molecule has 2 atom stereocenters. The molecule has 4 heteroatoms. The lowest BCUT2D eigenvalue weighted by Gasteiger charge is -2.48. The van der Waals surface area contributed by atoms with Gasteiger partial charge in [0, 0.05) is 11.5 Å². The third-order valence-corrected chi connectivity index (χ3v) is 3.24. The zero-order valence-electron chi connectivity index (χ0n) is 8.27. The van der Waals surface area contributed by atoms with Crippen molar-refractivity contribution in [3.05, 3.63) is 10.4 Å². The molecule has 2 unspecified atom stereocenters. The van der Waals surface area contributed by atoms with E-state index in [0.29, 0.717) is 18.4 Å². The van der Waals surface area contributed by atoms with Gasteiger partial charge in [-0.2, -0.15) is 0 Å². The molecule has 74 valence electrons. The lowest BCUT2D eigenvalue weighted by Crippen LogP contribution is -2.51. The summed E-state index contributed by atoms with van der Waals surface area (Å²) in [5.41, 5.74) is 7.61. The molecule has 0 bridgehead atoms. The van der Waals surface area contributed by atoms with E-state index < -0.39 is 5.60 Å². The van der Waals surface area contributed by atoms with Crippen molar-refractivity contribution >= 4 is 0 Å². The van der Waals surface area contributed by atoms with Gasteiger partial charge in [0.05, 0.1) is 5.60 Å². The van der Waals surface area contributed by atoms with Gasteiger partial charge in [-0.1, -0.05) is 19.0 Å². The maximum atomic E-state index is 10.1. The Morgan fingerprint density at radius 1 is 1.69 bits per heavy atom. The molecule has 1 aliphatic rings. The van der Waals surface area contributed by atoms with E-state index in [1.165, 1.54) is 0 Å². The van der Waals surface area contributed by atoms with E-state index in [1.807, 2.05) is 13.8 Å². The number of hydrogen-bond acceptors (Lipinski definition) is 2. The molecule has 4 nitrogen and oxygen atoms in total. The molecule has 0 heterocycles. The van der Waals surface area contributed by atoms with Gasteiger partial charge in [0.1, 0.15) is 0 Å². The van der Waals surface area contributed by atoms with Crippen molar-refractivity contribution in [3.63, 3.8) is 0 Å². The van der Waals surface area contributed by atoms with Crippen LogP contribution in [0.3, 0.4) is 0 Å². The zero-order valence-corrected chi connectivity index (χ0v) is 8.27. The van der Waals surface area contributed by atoms with Crippen molar-refractivity contribution in [2.75, 3.05) is 6.54 Å². The Kier molecular flexibility index (Phi) is 3.17. The summed E-state index contributed by atoms with van der Waals surface area (Å²) in [6, 6.07) is 0. The van der Waals surface area contributed by atoms with E-state index in [2.05, 4.69) is 10.0 Å². The molecule has 0 aromatic carbocycles. The molecule has 0 aromatic rings. The van der Waals surface area contributed by atoms with Gasteiger partial charge in [0.25, 0.3) is 0 Å². The molecule has 0 aliphatic heterocycles. The summed E-state index contributed by atoms with van der Waals surface area (Å²) in [7, 11) is 0. The van der Waals surface area contributed by atoms with Crippen molar-refractivity contribution in [2.24, 2.45) is 17.0 Å². The average molecular weight is 183 g/mol. The van der Waals surface area contributed by atoms with Crippen LogP contribution in [0.4, 0.5) is 0 Å². The van der Waals surface area contributed by atoms with Gasteiger partial charge in [0.2, 0.25) is 0 Å². The molecule has 0 radical (unpaired) electrons. The fraction of sp³-hybridized carbons (Fsp3) is 1.00. The first-order chi connectivity index (χ1) is 6.11. The Morgan fingerprint density at radius 2 is 2.38 bits per heavy atom. The number of nitrogens with zero attached hydrogens (tertiary/aromatic N) is 3. The smallest absolute Gasteiger partial charge is 0.0698 e. The highest BCUT2D eigenvalue weighted by molar-refractivity contribution is 4.98. The number of hydrogen-bond donors (Lipinski definition) is 1. The van der Waals surface area contributed by atoms with Gasteiger partial charge in [-0.05, 0) is 36.6 Å². The highest BCUT2D eigenvalue weighted by Gasteiger charge is 2.46. The van der Waals surface area contributed by atoms with E-state index in [9.17, 15) is 5.11 Å². The topological polar surface area (TPSA) is 69.0 Å². The fourth-order valence-corrected chi connectivity index (χ4v) is 2.06. The highest BCUT2D eigenvalue weighted by Crippen LogP contribution is 2.45. The molecule has 0 saturated heterocycles. The first-order valence-electron chi connectivity index (χ1n) is 4.84. The normalized spacial score (nSPS) is 32.5. The van der Waals surface area contributed by atoms with Gasteiger partial charge in [-0.3, -0.25) is 0 Å². The van der Waals surface area contributed by atoms with Crippen LogP contribution in [0.2, 0.25) is 0 Å². The molecule has 1 saturated carbocycles. The second-order valence-electron chi connectivity index (χ2n) is 4.12. The van der Waals surface area contributed by atoms with E-state index in [0.717, 1.165) is 19.3 Å². The van der Waals surface area contributed by atoms with Crippen LogP contribution in [-0.4, -0.2) is 17.3 Å². The quantitative estimate of drug-likeness (QED) is 0.406. The van der Waals surface area contributed by atoms with Crippen LogP contribution in [0.1, 0.15) is 33.1 Å². The van der Waals surface area contributed by atoms with Crippen molar-refractivity contribution in [1.82, 2.24) is 0 Å². The summed E-state index contributed by atoms with van der Waals surface area (Å²) < 4.78 is 0. The first-order valence-corrected chi connectivity index (χ1v) is 4.84. The third-order valence-electron chi connectivity index (χ3n) is 3.24. The fourth-order valence-electron chi connectivity index (χ4n) is 2.06. The van der Waals surface area contributed by atoms with E-state index in [4.69, 9.17) is 5.53 Å². The average Bonchev–Trinajstić information content (AvgIpc) is 2.09. The van der Waals surface area contributed by atoms with Gasteiger partial charge < -0.3 is 5.11 Å². The van der Waals surface area contributed by atoms with Crippen molar-refractivity contribution in [1.29, 1.82) is 0 Å². The monoisotopic (exact) mass is 183 g/mol. The Morgan fingerprint density at radius 3 is 2.77 bits per heavy atom. The second-order valence-corrected chi connectivity index (χ2v) is 4.12. The molecule has 1 N–H and O–H groups in total. The van der Waals surface area contributed by atoms with E-state index >= 15 is 0 Å². The minimum atomic E-state index is -0.495. The molecule has 0 aromatic heterocycles. The summed E-state index contributed by atoms with van der Waals surface area (Å²) in [4.78, 5) is 2.70. The predicted molar refractivity (Wildman–Crippen MR) is 51.1 cm³/mol. The molecule has 0 spiro atoms. The Bertz CT molecular complexity index is 223. The summed E-state index contributed by atoms with van der Waals surface area (Å²) in [6.45, 7) is 4.59. The second kappa shape index (κ2) is 3.99. The largest absolute Gasteiger partial charge is 0.389 e. The van der Waals surface area contributed by atoms with Crippen molar-refractivity contribution in [2.45, 2.75) is 38.7 Å². The minimum Gasteiger partial charge on any atom is -0.389 e. The maximum absolute atomic E-state index is 10.1. The Hall–Kier alpha value is -0.730. The molecule has 0 amide bonds. The van der Waals surface area contributed by atoms with Crippen molar-refractivity contribution in [3.8, 4) is 0 Å². The molecule has 1 aliphatic carbocycles. The first kappa shape index (κ1) is 10.4. The van der Waals surface area contributed by atoms with Crippen LogP contribution < -0.4 is 0 Å². The molecule has 13 heavy (non-hydrogen) atoms. The van der Waals surface area contributed by atoms with E-state index in [-0.39, 0.29) is 0 Å². The maximum Gasteiger partial charge on any atom is 0.0698 e. The van der Waals surface area contributed by atoms with Crippen molar-refractivity contribution < 1.29 is 5.11 Å². The molecular formula is C9H17N3O. The zero-order chi connectivity index (χ0) is 9.90.